The minimum absolute atomic E-state index is 0.171. The number of ether oxygens (including phenoxy) is 1. The summed E-state index contributed by atoms with van der Waals surface area (Å²) in [6.45, 7) is 3.52. The second-order valence-corrected chi connectivity index (χ2v) is 4.52. The first-order valence-corrected chi connectivity index (χ1v) is 5.78. The molecule has 0 amide bonds. The van der Waals surface area contributed by atoms with Gasteiger partial charge in [-0.05, 0) is 31.2 Å². The minimum atomic E-state index is 0.171. The van der Waals surface area contributed by atoms with Gasteiger partial charge in [0.25, 0.3) is 0 Å². The van der Waals surface area contributed by atoms with Crippen molar-refractivity contribution in [3.8, 4) is 0 Å². The van der Waals surface area contributed by atoms with Crippen LogP contribution in [0.1, 0.15) is 35.3 Å². The van der Waals surface area contributed by atoms with Gasteiger partial charge in [-0.3, -0.25) is 9.48 Å². The van der Waals surface area contributed by atoms with Crippen LogP contribution in [0.4, 0.5) is 0 Å². The third-order valence-corrected chi connectivity index (χ3v) is 3.09. The molecule has 1 aromatic heterocycles. The van der Waals surface area contributed by atoms with Crippen molar-refractivity contribution in [2.45, 2.75) is 26.2 Å². The topological polar surface area (TPSA) is 44.1 Å². The van der Waals surface area contributed by atoms with Crippen LogP contribution < -0.4 is 0 Å². The number of ketones is 1. The van der Waals surface area contributed by atoms with Crippen molar-refractivity contribution in [1.29, 1.82) is 0 Å². The van der Waals surface area contributed by atoms with Gasteiger partial charge in [0.1, 0.15) is 5.69 Å². The molecule has 4 nitrogen and oxygen atoms in total. The highest BCUT2D eigenvalue weighted by Crippen LogP contribution is 2.21. The summed E-state index contributed by atoms with van der Waals surface area (Å²) < 4.78 is 6.98. The number of rotatable bonds is 3. The van der Waals surface area contributed by atoms with Crippen LogP contribution in [0.15, 0.2) is 6.20 Å². The van der Waals surface area contributed by atoms with Crippen LogP contribution in [0, 0.1) is 12.8 Å². The molecule has 0 aliphatic carbocycles. The Morgan fingerprint density at radius 2 is 2.25 bits per heavy atom. The second kappa shape index (κ2) is 4.78. The summed E-state index contributed by atoms with van der Waals surface area (Å²) in [5.74, 6) is 0.646. The molecule has 0 radical (unpaired) electrons. The molecule has 16 heavy (non-hydrogen) atoms. The average Bonchev–Trinajstić information content (AvgIpc) is 2.59. The summed E-state index contributed by atoms with van der Waals surface area (Å²) >= 11 is 0. The number of hydrogen-bond donors (Lipinski definition) is 0. The molecule has 2 rings (SSSR count). The standard InChI is InChI=1S/C12H18N2O2/c1-9-8-14(2)13-12(9)11(15)7-10-3-5-16-6-4-10/h8,10H,3-7H2,1-2H3. The Morgan fingerprint density at radius 3 is 2.81 bits per heavy atom. The Morgan fingerprint density at radius 1 is 1.56 bits per heavy atom. The zero-order valence-corrected chi connectivity index (χ0v) is 9.90. The molecular weight excluding hydrogens is 204 g/mol. The molecular formula is C12H18N2O2. The van der Waals surface area contributed by atoms with E-state index in [1.54, 1.807) is 4.68 Å². The monoisotopic (exact) mass is 222 g/mol. The maximum Gasteiger partial charge on any atom is 0.183 e. The van der Waals surface area contributed by atoms with Gasteiger partial charge in [-0.2, -0.15) is 5.10 Å². The maximum atomic E-state index is 12.0. The fourth-order valence-electron chi connectivity index (χ4n) is 2.19. The van der Waals surface area contributed by atoms with Crippen molar-refractivity contribution in [3.63, 3.8) is 0 Å². The Hall–Kier alpha value is -1.16. The van der Waals surface area contributed by atoms with Gasteiger partial charge in [0.05, 0.1) is 0 Å². The lowest BCUT2D eigenvalue weighted by Crippen LogP contribution is -2.19. The highest BCUT2D eigenvalue weighted by Gasteiger charge is 2.20. The molecule has 1 aliphatic rings. The number of nitrogens with zero attached hydrogens (tertiary/aromatic N) is 2. The van der Waals surface area contributed by atoms with E-state index >= 15 is 0 Å². The fraction of sp³-hybridized carbons (Fsp3) is 0.667. The van der Waals surface area contributed by atoms with Gasteiger partial charge in [-0.1, -0.05) is 0 Å². The summed E-state index contributed by atoms with van der Waals surface area (Å²) in [6.07, 6.45) is 4.49. The van der Waals surface area contributed by atoms with E-state index in [1.807, 2.05) is 20.2 Å². The van der Waals surface area contributed by atoms with Crippen molar-refractivity contribution < 1.29 is 9.53 Å². The molecule has 0 atom stereocenters. The van der Waals surface area contributed by atoms with Crippen LogP contribution in [0.2, 0.25) is 0 Å². The molecule has 0 bridgehead atoms. The van der Waals surface area contributed by atoms with E-state index in [9.17, 15) is 4.79 Å². The quantitative estimate of drug-likeness (QED) is 0.731. The number of aryl methyl sites for hydroxylation is 2. The lowest BCUT2D eigenvalue weighted by Gasteiger charge is -2.20. The Balaban J connectivity index is 1.99. The van der Waals surface area contributed by atoms with Gasteiger partial charge < -0.3 is 4.74 Å². The molecule has 0 N–H and O–H groups in total. The van der Waals surface area contributed by atoms with E-state index in [0.717, 1.165) is 31.6 Å². The molecule has 0 spiro atoms. The second-order valence-electron chi connectivity index (χ2n) is 4.52. The Kier molecular flexibility index (Phi) is 3.39. The zero-order chi connectivity index (χ0) is 11.5. The molecule has 1 aromatic rings. The van der Waals surface area contributed by atoms with Crippen LogP contribution in [0.3, 0.4) is 0 Å². The lowest BCUT2D eigenvalue weighted by atomic mass is 9.93. The van der Waals surface area contributed by atoms with Crippen molar-refractivity contribution in [2.75, 3.05) is 13.2 Å². The number of aromatic nitrogens is 2. The van der Waals surface area contributed by atoms with Gasteiger partial charge in [0, 0.05) is 32.9 Å². The maximum absolute atomic E-state index is 12.0. The van der Waals surface area contributed by atoms with Crippen LogP contribution in [-0.2, 0) is 11.8 Å². The van der Waals surface area contributed by atoms with E-state index in [0.29, 0.717) is 18.0 Å². The van der Waals surface area contributed by atoms with Gasteiger partial charge in [-0.15, -0.1) is 0 Å². The summed E-state index contributed by atoms with van der Waals surface area (Å²) in [5.41, 5.74) is 1.61. The van der Waals surface area contributed by atoms with E-state index in [1.165, 1.54) is 0 Å². The highest BCUT2D eigenvalue weighted by molar-refractivity contribution is 5.95. The summed E-state index contributed by atoms with van der Waals surface area (Å²) in [5, 5.41) is 4.21. The van der Waals surface area contributed by atoms with E-state index in [2.05, 4.69) is 5.10 Å². The van der Waals surface area contributed by atoms with Crippen LogP contribution in [0.25, 0.3) is 0 Å². The van der Waals surface area contributed by atoms with Gasteiger partial charge in [0.2, 0.25) is 0 Å². The van der Waals surface area contributed by atoms with E-state index in [4.69, 9.17) is 4.74 Å². The first-order valence-electron chi connectivity index (χ1n) is 5.78. The normalized spacial score (nSPS) is 17.6. The van der Waals surface area contributed by atoms with E-state index < -0.39 is 0 Å². The molecule has 1 aliphatic heterocycles. The average molecular weight is 222 g/mol. The molecule has 4 heteroatoms. The third kappa shape index (κ3) is 2.50. The smallest absolute Gasteiger partial charge is 0.183 e. The van der Waals surface area contributed by atoms with Crippen molar-refractivity contribution >= 4 is 5.78 Å². The Labute approximate surface area is 95.6 Å². The van der Waals surface area contributed by atoms with Gasteiger partial charge in [-0.25, -0.2) is 0 Å². The zero-order valence-electron chi connectivity index (χ0n) is 9.90. The Bertz CT molecular complexity index is 378. The number of carbonyl (C=O) groups is 1. The first-order chi connectivity index (χ1) is 7.66. The largest absolute Gasteiger partial charge is 0.381 e. The first kappa shape index (κ1) is 11.3. The van der Waals surface area contributed by atoms with Gasteiger partial charge >= 0.3 is 0 Å². The van der Waals surface area contributed by atoms with Crippen molar-refractivity contribution in [1.82, 2.24) is 9.78 Å². The molecule has 0 unspecified atom stereocenters. The molecule has 2 heterocycles. The van der Waals surface area contributed by atoms with Crippen LogP contribution >= 0.6 is 0 Å². The summed E-state index contributed by atoms with van der Waals surface area (Å²) in [6, 6.07) is 0. The molecule has 1 saturated heterocycles. The van der Waals surface area contributed by atoms with Crippen molar-refractivity contribution in [2.24, 2.45) is 13.0 Å². The number of Topliss-reactive ketones (excluding diaryl/α,β-unsaturated/α-hetero) is 1. The number of carbonyl (C=O) groups excluding carboxylic acids is 1. The van der Waals surface area contributed by atoms with Crippen LogP contribution in [-0.4, -0.2) is 28.8 Å². The molecule has 0 aromatic carbocycles. The predicted molar refractivity (Wildman–Crippen MR) is 60.4 cm³/mol. The molecule has 88 valence electrons. The lowest BCUT2D eigenvalue weighted by molar-refractivity contribution is 0.0599. The fourth-order valence-corrected chi connectivity index (χ4v) is 2.19. The van der Waals surface area contributed by atoms with Crippen molar-refractivity contribution in [3.05, 3.63) is 17.5 Å². The van der Waals surface area contributed by atoms with E-state index in [-0.39, 0.29) is 5.78 Å². The third-order valence-electron chi connectivity index (χ3n) is 3.09. The minimum Gasteiger partial charge on any atom is -0.381 e. The molecule has 0 saturated carbocycles. The SMILES string of the molecule is Cc1cn(C)nc1C(=O)CC1CCOCC1. The van der Waals surface area contributed by atoms with Gasteiger partial charge in [0.15, 0.2) is 5.78 Å². The summed E-state index contributed by atoms with van der Waals surface area (Å²) in [4.78, 5) is 12.0. The number of hydrogen-bond acceptors (Lipinski definition) is 3. The predicted octanol–water partition coefficient (Wildman–Crippen LogP) is 1.73. The summed E-state index contributed by atoms with van der Waals surface area (Å²) in [7, 11) is 1.85. The van der Waals surface area contributed by atoms with Crippen LogP contribution in [0.5, 0.6) is 0 Å². The molecule has 1 fully saturated rings. The highest BCUT2D eigenvalue weighted by atomic mass is 16.5.